The molecule has 0 saturated carbocycles. The van der Waals surface area contributed by atoms with E-state index in [0.717, 1.165) is 29.1 Å². The second-order valence-corrected chi connectivity index (χ2v) is 5.67. The zero-order valence-electron chi connectivity index (χ0n) is 13.5. The van der Waals surface area contributed by atoms with Gasteiger partial charge in [-0.1, -0.05) is 0 Å². The summed E-state index contributed by atoms with van der Waals surface area (Å²) < 4.78 is 40.0. The van der Waals surface area contributed by atoms with E-state index in [1.165, 1.54) is 12.1 Å². The second-order valence-electron chi connectivity index (χ2n) is 5.67. The molecular formula is C17H17F3N4. The minimum absolute atomic E-state index is 0.347. The Morgan fingerprint density at radius 3 is 2.29 bits per heavy atom. The number of rotatable bonds is 2. The molecule has 0 aliphatic carbocycles. The lowest BCUT2D eigenvalue weighted by Crippen LogP contribution is -2.25. The highest BCUT2D eigenvalue weighted by Gasteiger charge is 2.31. The zero-order valence-corrected chi connectivity index (χ0v) is 13.5. The Bertz CT molecular complexity index is 800. The van der Waals surface area contributed by atoms with Crippen molar-refractivity contribution in [3.05, 3.63) is 59.1 Å². The van der Waals surface area contributed by atoms with Gasteiger partial charge in [0.25, 0.3) is 0 Å². The van der Waals surface area contributed by atoms with Crippen LogP contribution < -0.4 is 4.90 Å². The van der Waals surface area contributed by atoms with Crippen molar-refractivity contribution in [1.29, 1.82) is 0 Å². The van der Waals surface area contributed by atoms with Crippen LogP contribution >= 0.6 is 0 Å². The lowest BCUT2D eigenvalue weighted by Gasteiger charge is -2.30. The smallest absolute Gasteiger partial charge is 0.321 e. The average molecular weight is 334 g/mol. The molecule has 1 aliphatic rings. The predicted molar refractivity (Wildman–Crippen MR) is 87.0 cm³/mol. The van der Waals surface area contributed by atoms with Gasteiger partial charge in [-0.2, -0.15) is 18.3 Å². The molecule has 24 heavy (non-hydrogen) atoms. The summed E-state index contributed by atoms with van der Waals surface area (Å²) in [6, 6.07) is 5.09. The van der Waals surface area contributed by atoms with Crippen molar-refractivity contribution < 1.29 is 13.2 Å². The summed E-state index contributed by atoms with van der Waals surface area (Å²) in [4.78, 5) is 6.35. The van der Waals surface area contributed by atoms with Gasteiger partial charge in [-0.25, -0.2) is 0 Å². The van der Waals surface area contributed by atoms with Gasteiger partial charge in [0.2, 0.25) is 0 Å². The van der Waals surface area contributed by atoms with E-state index in [1.54, 1.807) is 17.0 Å². The van der Waals surface area contributed by atoms with E-state index in [1.807, 2.05) is 32.0 Å². The van der Waals surface area contributed by atoms with E-state index in [-0.39, 0.29) is 6.17 Å². The molecule has 4 nitrogen and oxygen atoms in total. The molecule has 3 rings (SSSR count). The van der Waals surface area contributed by atoms with Gasteiger partial charge in [0.1, 0.15) is 0 Å². The molecule has 0 spiro atoms. The number of anilines is 1. The second kappa shape index (κ2) is 5.81. The maximum absolute atomic E-state index is 12.7. The van der Waals surface area contributed by atoms with Gasteiger partial charge in [0, 0.05) is 36.4 Å². The van der Waals surface area contributed by atoms with E-state index in [4.69, 9.17) is 0 Å². The number of hydrogen-bond donors (Lipinski definition) is 0. The van der Waals surface area contributed by atoms with Gasteiger partial charge in [0.15, 0.2) is 6.17 Å². The van der Waals surface area contributed by atoms with Crippen LogP contribution in [-0.2, 0) is 13.2 Å². The van der Waals surface area contributed by atoms with Gasteiger partial charge >= 0.3 is 6.18 Å². The minimum Gasteiger partial charge on any atom is -0.321 e. The highest BCUT2D eigenvalue weighted by molar-refractivity contribution is 5.75. The number of allylic oxidation sites excluding steroid dienone is 1. The van der Waals surface area contributed by atoms with Crippen LogP contribution in [0.3, 0.4) is 0 Å². The van der Waals surface area contributed by atoms with Crippen molar-refractivity contribution >= 4 is 11.9 Å². The molecule has 1 aromatic heterocycles. The van der Waals surface area contributed by atoms with Crippen LogP contribution in [0.25, 0.3) is 0 Å². The highest BCUT2D eigenvalue weighted by Crippen LogP contribution is 2.35. The summed E-state index contributed by atoms with van der Waals surface area (Å²) in [7, 11) is 1.86. The van der Waals surface area contributed by atoms with Crippen molar-refractivity contribution in [2.75, 3.05) is 4.90 Å². The first-order valence-electron chi connectivity index (χ1n) is 7.44. The fourth-order valence-corrected chi connectivity index (χ4v) is 2.84. The summed E-state index contributed by atoms with van der Waals surface area (Å²) in [5, 5.41) is 4.40. The van der Waals surface area contributed by atoms with Crippen molar-refractivity contribution in [2.24, 2.45) is 12.0 Å². The van der Waals surface area contributed by atoms with Crippen molar-refractivity contribution in [2.45, 2.75) is 26.2 Å². The number of halogens is 3. The molecule has 0 fully saturated rings. The quantitative estimate of drug-likeness (QED) is 0.826. The molecule has 2 aromatic rings. The molecule has 0 amide bonds. The number of aromatic nitrogens is 2. The largest absolute Gasteiger partial charge is 0.416 e. The monoisotopic (exact) mass is 334 g/mol. The first-order valence-corrected chi connectivity index (χ1v) is 7.44. The SMILES string of the molecule is Cc1nn(C)c(C)c1C1N=CC=CN1c1ccc(C(F)(F)F)cc1. The normalized spacial score (nSPS) is 17.6. The predicted octanol–water partition coefficient (Wildman–Crippen LogP) is 4.16. The molecule has 7 heteroatoms. The van der Waals surface area contributed by atoms with Crippen LogP contribution in [0.15, 0.2) is 41.5 Å². The first-order chi connectivity index (χ1) is 11.3. The topological polar surface area (TPSA) is 33.4 Å². The van der Waals surface area contributed by atoms with Crippen molar-refractivity contribution in [3.8, 4) is 0 Å². The van der Waals surface area contributed by atoms with Gasteiger partial charge in [0.05, 0.1) is 11.3 Å². The Labute approximate surface area is 137 Å². The van der Waals surface area contributed by atoms with Gasteiger partial charge in [-0.15, -0.1) is 0 Å². The van der Waals surface area contributed by atoms with Crippen LogP contribution in [-0.4, -0.2) is 16.0 Å². The van der Waals surface area contributed by atoms with Gasteiger partial charge in [-0.05, 0) is 44.2 Å². The minimum atomic E-state index is -4.34. The van der Waals surface area contributed by atoms with Crippen LogP contribution in [0.4, 0.5) is 18.9 Å². The number of nitrogens with zero attached hydrogens (tertiary/aromatic N) is 4. The van der Waals surface area contributed by atoms with Crippen LogP contribution in [0.1, 0.15) is 28.7 Å². The summed E-state index contributed by atoms with van der Waals surface area (Å²) >= 11 is 0. The molecule has 0 bridgehead atoms. The summed E-state index contributed by atoms with van der Waals surface area (Å²) in [6.07, 6.45) is 0.573. The number of alkyl halides is 3. The van der Waals surface area contributed by atoms with Gasteiger partial charge in [-0.3, -0.25) is 9.67 Å². The average Bonchev–Trinajstić information content (AvgIpc) is 2.79. The van der Waals surface area contributed by atoms with Gasteiger partial charge < -0.3 is 4.90 Å². The fourth-order valence-electron chi connectivity index (χ4n) is 2.84. The summed E-state index contributed by atoms with van der Waals surface area (Å²) in [5.74, 6) is 0. The Kier molecular flexibility index (Phi) is 3.95. The third-order valence-electron chi connectivity index (χ3n) is 4.14. The highest BCUT2D eigenvalue weighted by atomic mass is 19.4. The number of benzene rings is 1. The van der Waals surface area contributed by atoms with E-state index in [2.05, 4.69) is 10.1 Å². The lowest BCUT2D eigenvalue weighted by molar-refractivity contribution is -0.137. The van der Waals surface area contributed by atoms with Crippen molar-refractivity contribution in [3.63, 3.8) is 0 Å². The molecule has 1 atom stereocenters. The Morgan fingerprint density at radius 1 is 1.08 bits per heavy atom. The molecule has 0 saturated heterocycles. The molecule has 1 aromatic carbocycles. The molecule has 2 heterocycles. The maximum Gasteiger partial charge on any atom is 0.416 e. The number of aliphatic imine (C=N–C) groups is 1. The van der Waals surface area contributed by atoms with E-state index >= 15 is 0 Å². The fraction of sp³-hybridized carbons (Fsp3) is 0.294. The van der Waals surface area contributed by atoms with E-state index in [0.29, 0.717) is 5.69 Å². The third kappa shape index (κ3) is 2.81. The van der Waals surface area contributed by atoms with Crippen LogP contribution in [0.5, 0.6) is 0 Å². The third-order valence-corrected chi connectivity index (χ3v) is 4.14. The molecule has 126 valence electrons. The van der Waals surface area contributed by atoms with Crippen LogP contribution in [0.2, 0.25) is 0 Å². The molecule has 1 unspecified atom stereocenters. The number of hydrogen-bond acceptors (Lipinski definition) is 3. The Hall–Kier alpha value is -2.57. The summed E-state index contributed by atoms with van der Waals surface area (Å²) in [5.41, 5.74) is 2.76. The molecule has 0 N–H and O–H groups in total. The summed E-state index contributed by atoms with van der Waals surface area (Å²) in [6.45, 7) is 3.86. The molecular weight excluding hydrogens is 317 g/mol. The van der Waals surface area contributed by atoms with E-state index in [9.17, 15) is 13.2 Å². The zero-order chi connectivity index (χ0) is 17.5. The molecule has 1 aliphatic heterocycles. The first kappa shape index (κ1) is 16.3. The van der Waals surface area contributed by atoms with Crippen LogP contribution in [0, 0.1) is 13.8 Å². The van der Waals surface area contributed by atoms with Crippen molar-refractivity contribution in [1.82, 2.24) is 9.78 Å². The molecule has 0 radical (unpaired) electrons. The van der Waals surface area contributed by atoms with E-state index < -0.39 is 11.7 Å². The maximum atomic E-state index is 12.7. The lowest BCUT2D eigenvalue weighted by atomic mass is 10.1. The standard InChI is InChI=1S/C17H17F3N4/c1-11-15(12(2)23(3)22-11)16-21-9-4-10-24(16)14-7-5-13(6-8-14)17(18,19)20/h4-10,16H,1-3H3. The number of aryl methyl sites for hydroxylation is 2. The Balaban J connectivity index is 1.99. The Morgan fingerprint density at radius 2 is 1.75 bits per heavy atom.